The zero-order chi connectivity index (χ0) is 13.1. The lowest BCUT2D eigenvalue weighted by atomic mass is 10.2. The highest BCUT2D eigenvalue weighted by Gasteiger charge is 2.19. The number of aryl methyl sites for hydroxylation is 1. The van der Waals surface area contributed by atoms with Gasteiger partial charge < -0.3 is 5.11 Å². The maximum atomic E-state index is 12.0. The Kier molecular flexibility index (Phi) is 5.12. The van der Waals surface area contributed by atoms with Gasteiger partial charge in [0.25, 0.3) is 0 Å². The number of aliphatic hydroxyl groups excluding tert-OH is 1. The Hall–Kier alpha value is -0.430. The average molecular weight is 322 g/mol. The molecule has 1 atom stereocenters. The van der Waals surface area contributed by atoms with Crippen molar-refractivity contribution >= 4 is 26.0 Å². The van der Waals surface area contributed by atoms with Crippen LogP contribution in [-0.2, 0) is 10.0 Å². The molecule has 17 heavy (non-hydrogen) atoms. The lowest BCUT2D eigenvalue weighted by molar-refractivity contribution is 0.275. The molecular formula is C11H16BrNO3S. The molecule has 0 amide bonds. The van der Waals surface area contributed by atoms with Crippen LogP contribution >= 0.6 is 15.9 Å². The van der Waals surface area contributed by atoms with Gasteiger partial charge in [-0.25, -0.2) is 13.1 Å². The van der Waals surface area contributed by atoms with Crippen molar-refractivity contribution < 1.29 is 13.5 Å². The number of hydrogen-bond donors (Lipinski definition) is 2. The fourth-order valence-corrected chi connectivity index (χ4v) is 3.48. The van der Waals surface area contributed by atoms with Gasteiger partial charge in [0.15, 0.2) is 0 Å². The summed E-state index contributed by atoms with van der Waals surface area (Å²) in [5.74, 6) is 0. The molecule has 0 aliphatic carbocycles. The Labute approximate surface area is 110 Å². The predicted octanol–water partition coefficient (Wildman–Crippen LogP) is 1.81. The first kappa shape index (κ1) is 14.6. The average Bonchev–Trinajstić information content (AvgIpc) is 2.15. The van der Waals surface area contributed by atoms with E-state index in [1.54, 1.807) is 32.0 Å². The van der Waals surface area contributed by atoms with Crippen LogP contribution < -0.4 is 4.72 Å². The molecule has 2 N–H and O–H groups in total. The zero-order valence-electron chi connectivity index (χ0n) is 9.77. The third kappa shape index (κ3) is 4.06. The predicted molar refractivity (Wildman–Crippen MR) is 70.4 cm³/mol. The van der Waals surface area contributed by atoms with E-state index in [9.17, 15) is 8.42 Å². The van der Waals surface area contributed by atoms with Gasteiger partial charge in [0.1, 0.15) is 0 Å². The van der Waals surface area contributed by atoms with Gasteiger partial charge in [0.05, 0.1) is 4.90 Å². The highest BCUT2D eigenvalue weighted by Crippen LogP contribution is 2.20. The second-order valence-electron chi connectivity index (χ2n) is 3.94. The zero-order valence-corrected chi connectivity index (χ0v) is 12.2. The Morgan fingerprint density at radius 1 is 1.47 bits per heavy atom. The first-order chi connectivity index (χ1) is 7.86. The summed E-state index contributed by atoms with van der Waals surface area (Å²) in [5, 5.41) is 8.75. The van der Waals surface area contributed by atoms with Crippen molar-refractivity contribution in [2.24, 2.45) is 0 Å². The largest absolute Gasteiger partial charge is 0.396 e. The number of sulfonamides is 1. The van der Waals surface area contributed by atoms with E-state index in [1.165, 1.54) is 0 Å². The maximum absolute atomic E-state index is 12.0. The molecule has 1 aromatic rings. The minimum atomic E-state index is -3.51. The molecule has 0 saturated heterocycles. The third-order valence-electron chi connectivity index (χ3n) is 2.34. The summed E-state index contributed by atoms with van der Waals surface area (Å²) < 4.78 is 27.5. The molecule has 6 heteroatoms. The van der Waals surface area contributed by atoms with Crippen molar-refractivity contribution in [3.8, 4) is 0 Å². The van der Waals surface area contributed by atoms with Crippen LogP contribution in [0.15, 0.2) is 27.6 Å². The van der Waals surface area contributed by atoms with Crippen molar-refractivity contribution in [2.45, 2.75) is 31.2 Å². The Morgan fingerprint density at radius 3 is 2.65 bits per heavy atom. The lowest BCUT2D eigenvalue weighted by Gasteiger charge is -2.14. The molecule has 0 heterocycles. The van der Waals surface area contributed by atoms with Crippen LogP contribution in [0.5, 0.6) is 0 Å². The number of benzene rings is 1. The highest BCUT2D eigenvalue weighted by molar-refractivity contribution is 9.10. The Balaban J connectivity index is 2.97. The van der Waals surface area contributed by atoms with Crippen LogP contribution in [-0.4, -0.2) is 26.2 Å². The molecule has 1 unspecified atom stereocenters. The Morgan fingerprint density at radius 2 is 2.12 bits per heavy atom. The first-order valence-electron chi connectivity index (χ1n) is 5.26. The summed E-state index contributed by atoms with van der Waals surface area (Å²) >= 11 is 3.29. The van der Waals surface area contributed by atoms with Crippen LogP contribution in [0.2, 0.25) is 0 Å². The molecule has 4 nitrogen and oxygen atoms in total. The summed E-state index contributed by atoms with van der Waals surface area (Å²) in [7, 11) is -3.51. The van der Waals surface area contributed by atoms with Crippen molar-refractivity contribution in [1.29, 1.82) is 0 Å². The monoisotopic (exact) mass is 321 g/mol. The van der Waals surface area contributed by atoms with Crippen LogP contribution in [0.4, 0.5) is 0 Å². The van der Waals surface area contributed by atoms with Crippen molar-refractivity contribution in [3.05, 3.63) is 28.2 Å². The fourth-order valence-electron chi connectivity index (χ4n) is 1.50. The summed E-state index contributed by atoms with van der Waals surface area (Å²) in [6.07, 6.45) is 0.398. The summed E-state index contributed by atoms with van der Waals surface area (Å²) in [6.45, 7) is 3.43. The number of halogens is 1. The number of nitrogens with one attached hydrogen (secondary N) is 1. The van der Waals surface area contributed by atoms with E-state index in [0.29, 0.717) is 12.0 Å². The van der Waals surface area contributed by atoms with Crippen LogP contribution in [0.1, 0.15) is 18.9 Å². The molecule has 0 radical (unpaired) electrons. The van der Waals surface area contributed by atoms with Crippen molar-refractivity contribution in [2.75, 3.05) is 6.61 Å². The quantitative estimate of drug-likeness (QED) is 0.869. The first-order valence-corrected chi connectivity index (χ1v) is 7.54. The van der Waals surface area contributed by atoms with Crippen LogP contribution in [0.25, 0.3) is 0 Å². The Bertz CT molecular complexity index is 487. The van der Waals surface area contributed by atoms with Crippen LogP contribution in [0.3, 0.4) is 0 Å². The van der Waals surface area contributed by atoms with Crippen molar-refractivity contribution in [1.82, 2.24) is 4.72 Å². The third-order valence-corrected chi connectivity index (χ3v) is 4.59. The van der Waals surface area contributed by atoms with Gasteiger partial charge in [0, 0.05) is 17.1 Å². The minimum absolute atomic E-state index is 0.0387. The molecule has 0 aromatic heterocycles. The fraction of sp³-hybridized carbons (Fsp3) is 0.455. The number of rotatable bonds is 5. The van der Waals surface area contributed by atoms with E-state index in [1.807, 2.05) is 0 Å². The molecule has 0 saturated carbocycles. The standard InChI is InChI=1S/C11H16BrNO3S/c1-8-7-10(12)3-4-11(8)17(15,16)13-9(2)5-6-14/h3-4,7,9,13-14H,5-6H2,1-2H3. The topological polar surface area (TPSA) is 66.4 Å². The summed E-state index contributed by atoms with van der Waals surface area (Å²) in [6, 6.07) is 4.73. The van der Waals surface area contributed by atoms with E-state index >= 15 is 0 Å². The number of aliphatic hydroxyl groups is 1. The molecule has 0 aliphatic heterocycles. The summed E-state index contributed by atoms with van der Waals surface area (Å²) in [5.41, 5.74) is 0.683. The SMILES string of the molecule is Cc1cc(Br)ccc1S(=O)(=O)NC(C)CCO. The van der Waals surface area contributed by atoms with E-state index in [-0.39, 0.29) is 17.5 Å². The second-order valence-corrected chi connectivity index (χ2v) is 6.54. The normalized spacial score (nSPS) is 13.6. The molecule has 96 valence electrons. The van der Waals surface area contributed by atoms with Gasteiger partial charge in [-0.3, -0.25) is 0 Å². The maximum Gasteiger partial charge on any atom is 0.241 e. The van der Waals surface area contributed by atoms with E-state index in [2.05, 4.69) is 20.7 Å². The van der Waals surface area contributed by atoms with E-state index < -0.39 is 10.0 Å². The number of hydrogen-bond acceptors (Lipinski definition) is 3. The highest BCUT2D eigenvalue weighted by atomic mass is 79.9. The van der Waals surface area contributed by atoms with Crippen molar-refractivity contribution in [3.63, 3.8) is 0 Å². The minimum Gasteiger partial charge on any atom is -0.396 e. The molecular weight excluding hydrogens is 306 g/mol. The van der Waals surface area contributed by atoms with Crippen LogP contribution in [0, 0.1) is 6.92 Å². The van der Waals surface area contributed by atoms with Gasteiger partial charge in [-0.15, -0.1) is 0 Å². The smallest absolute Gasteiger partial charge is 0.241 e. The molecule has 1 aromatic carbocycles. The molecule has 0 spiro atoms. The van der Waals surface area contributed by atoms with Gasteiger partial charge in [-0.2, -0.15) is 0 Å². The van der Waals surface area contributed by atoms with Gasteiger partial charge in [-0.05, 0) is 44.0 Å². The van der Waals surface area contributed by atoms with Gasteiger partial charge in [0.2, 0.25) is 10.0 Å². The molecule has 0 fully saturated rings. The second kappa shape index (κ2) is 5.95. The van der Waals surface area contributed by atoms with E-state index in [4.69, 9.17) is 5.11 Å². The van der Waals surface area contributed by atoms with E-state index in [0.717, 1.165) is 4.47 Å². The molecule has 1 rings (SSSR count). The lowest BCUT2D eigenvalue weighted by Crippen LogP contribution is -2.33. The molecule has 0 bridgehead atoms. The molecule has 0 aliphatic rings. The summed E-state index contributed by atoms with van der Waals surface area (Å²) in [4.78, 5) is 0.269. The van der Waals surface area contributed by atoms with Gasteiger partial charge >= 0.3 is 0 Å². The van der Waals surface area contributed by atoms with Gasteiger partial charge in [-0.1, -0.05) is 15.9 Å².